The predicted octanol–water partition coefficient (Wildman–Crippen LogP) is 3.55. The predicted molar refractivity (Wildman–Crippen MR) is 62.3 cm³/mol. The molecule has 0 unspecified atom stereocenters. The van der Waals surface area contributed by atoms with Gasteiger partial charge in [0.2, 0.25) is 0 Å². The Morgan fingerprint density at radius 3 is 2.80 bits per heavy atom. The quantitative estimate of drug-likeness (QED) is 0.670. The monoisotopic (exact) mass is 202 g/mol. The third-order valence-corrected chi connectivity index (χ3v) is 3.11. The molecule has 1 aliphatic rings. The molecule has 1 heteroatoms. The van der Waals surface area contributed by atoms with E-state index in [-0.39, 0.29) is 0 Å². The van der Waals surface area contributed by atoms with Crippen LogP contribution in [0.15, 0.2) is 18.2 Å². The summed E-state index contributed by atoms with van der Waals surface area (Å²) in [6.07, 6.45) is 6.33. The Kier molecular flexibility index (Phi) is 3.20. The molecule has 1 aliphatic carbocycles. The lowest BCUT2D eigenvalue weighted by Gasteiger charge is -2.07. The lowest BCUT2D eigenvalue weighted by molar-refractivity contribution is 0.0982. The van der Waals surface area contributed by atoms with Crippen LogP contribution < -0.4 is 0 Å². The van der Waals surface area contributed by atoms with Crippen molar-refractivity contribution >= 4 is 5.78 Å². The Labute approximate surface area is 91.5 Å². The summed E-state index contributed by atoms with van der Waals surface area (Å²) in [6.45, 7) is 2.19. The molecule has 0 fully saturated rings. The minimum atomic E-state index is 0.338. The van der Waals surface area contributed by atoms with Crippen molar-refractivity contribution in [3.8, 4) is 0 Å². The van der Waals surface area contributed by atoms with Gasteiger partial charge in [0.05, 0.1) is 0 Å². The molecule has 0 amide bonds. The summed E-state index contributed by atoms with van der Waals surface area (Å²) in [4.78, 5) is 11.8. The van der Waals surface area contributed by atoms with Gasteiger partial charge in [0.1, 0.15) is 0 Å². The second kappa shape index (κ2) is 4.61. The third kappa shape index (κ3) is 2.28. The molecular formula is C14H18O. The zero-order valence-corrected chi connectivity index (χ0v) is 9.38. The Morgan fingerprint density at radius 2 is 2.00 bits per heavy atom. The van der Waals surface area contributed by atoms with Crippen molar-refractivity contribution in [3.05, 3.63) is 34.9 Å². The number of hydrogen-bond acceptors (Lipinski definition) is 1. The molecule has 1 aromatic rings. The molecule has 0 heterocycles. The molecule has 0 aromatic heterocycles. The summed E-state index contributed by atoms with van der Waals surface area (Å²) >= 11 is 0. The van der Waals surface area contributed by atoms with Crippen molar-refractivity contribution in [3.63, 3.8) is 0 Å². The van der Waals surface area contributed by atoms with Crippen molar-refractivity contribution in [2.24, 2.45) is 0 Å². The van der Waals surface area contributed by atoms with Crippen LogP contribution in [0.3, 0.4) is 0 Å². The van der Waals surface area contributed by atoms with Crippen LogP contribution in [0.25, 0.3) is 0 Å². The normalized spacial score (nSPS) is 15.9. The minimum Gasteiger partial charge on any atom is -0.294 e. The van der Waals surface area contributed by atoms with Crippen molar-refractivity contribution < 1.29 is 4.79 Å². The zero-order valence-electron chi connectivity index (χ0n) is 9.38. The number of aryl methyl sites for hydroxylation is 2. The van der Waals surface area contributed by atoms with Gasteiger partial charge in [-0.1, -0.05) is 31.5 Å². The van der Waals surface area contributed by atoms with E-state index in [1.165, 1.54) is 17.5 Å². The molecule has 80 valence electrons. The molecule has 0 bridgehead atoms. The third-order valence-electron chi connectivity index (χ3n) is 3.11. The maximum absolute atomic E-state index is 11.8. The molecule has 0 saturated heterocycles. The van der Waals surface area contributed by atoms with E-state index in [1.807, 2.05) is 6.07 Å². The first kappa shape index (κ1) is 10.4. The lowest BCUT2D eigenvalue weighted by Crippen LogP contribution is -2.00. The van der Waals surface area contributed by atoms with Crippen molar-refractivity contribution in [2.45, 2.75) is 45.4 Å². The molecule has 2 rings (SSSR count). The molecule has 0 N–H and O–H groups in total. The fourth-order valence-corrected chi connectivity index (χ4v) is 2.31. The number of ketones is 1. The van der Waals surface area contributed by atoms with E-state index in [2.05, 4.69) is 19.1 Å². The average Bonchev–Trinajstić information content (AvgIpc) is 2.41. The summed E-state index contributed by atoms with van der Waals surface area (Å²) in [5, 5.41) is 0. The van der Waals surface area contributed by atoms with Gasteiger partial charge in [0, 0.05) is 12.0 Å². The number of fused-ring (bicyclic) bond motifs is 1. The molecule has 0 atom stereocenters. The van der Waals surface area contributed by atoms with Crippen LogP contribution in [0.2, 0.25) is 0 Å². The first-order valence-corrected chi connectivity index (χ1v) is 5.96. The highest BCUT2D eigenvalue weighted by Gasteiger charge is 2.15. The van der Waals surface area contributed by atoms with E-state index in [1.54, 1.807) is 0 Å². The Bertz CT molecular complexity index is 366. The maximum atomic E-state index is 11.8. The van der Waals surface area contributed by atoms with Gasteiger partial charge in [-0.2, -0.15) is 0 Å². The van der Waals surface area contributed by atoms with Gasteiger partial charge < -0.3 is 0 Å². The number of rotatable bonds is 2. The van der Waals surface area contributed by atoms with Gasteiger partial charge in [-0.25, -0.2) is 0 Å². The maximum Gasteiger partial charge on any atom is 0.163 e. The fourth-order valence-electron chi connectivity index (χ4n) is 2.31. The second-order valence-corrected chi connectivity index (χ2v) is 4.37. The Morgan fingerprint density at radius 1 is 1.20 bits per heavy atom. The number of hydrogen-bond donors (Lipinski definition) is 0. The van der Waals surface area contributed by atoms with E-state index in [4.69, 9.17) is 0 Å². The topological polar surface area (TPSA) is 17.1 Å². The first-order chi connectivity index (χ1) is 7.31. The van der Waals surface area contributed by atoms with Gasteiger partial charge in [-0.3, -0.25) is 4.79 Å². The number of carbonyl (C=O) groups is 1. The van der Waals surface area contributed by atoms with Crippen molar-refractivity contribution in [1.82, 2.24) is 0 Å². The zero-order chi connectivity index (χ0) is 10.7. The highest BCUT2D eigenvalue weighted by molar-refractivity contribution is 5.97. The Balaban J connectivity index is 2.33. The highest BCUT2D eigenvalue weighted by Crippen LogP contribution is 2.22. The van der Waals surface area contributed by atoms with E-state index >= 15 is 0 Å². The molecule has 1 nitrogen and oxygen atoms in total. The van der Waals surface area contributed by atoms with Crippen LogP contribution in [-0.4, -0.2) is 5.78 Å². The van der Waals surface area contributed by atoms with Gasteiger partial charge in [0.25, 0.3) is 0 Å². The number of Topliss-reactive ketones (excluding diaryl/α,β-unsaturated/α-hetero) is 1. The number of carbonyl (C=O) groups excluding carboxylic acids is 1. The first-order valence-electron chi connectivity index (χ1n) is 5.96. The molecule has 0 saturated carbocycles. The Hall–Kier alpha value is -1.11. The summed E-state index contributed by atoms with van der Waals surface area (Å²) in [5.41, 5.74) is 3.64. The SMILES string of the molecule is CCCc1ccc2c(c1)CCCCC2=O. The smallest absolute Gasteiger partial charge is 0.163 e. The van der Waals surface area contributed by atoms with Gasteiger partial charge in [0.15, 0.2) is 5.78 Å². The van der Waals surface area contributed by atoms with Crippen LogP contribution >= 0.6 is 0 Å². The van der Waals surface area contributed by atoms with Crippen LogP contribution in [0.1, 0.15) is 54.1 Å². The fraction of sp³-hybridized carbons (Fsp3) is 0.500. The van der Waals surface area contributed by atoms with Crippen LogP contribution in [-0.2, 0) is 12.8 Å². The minimum absolute atomic E-state index is 0.338. The van der Waals surface area contributed by atoms with Crippen molar-refractivity contribution in [1.29, 1.82) is 0 Å². The molecule has 15 heavy (non-hydrogen) atoms. The summed E-state index contributed by atoms with van der Waals surface area (Å²) in [7, 11) is 0. The molecule has 0 aliphatic heterocycles. The van der Waals surface area contributed by atoms with Crippen LogP contribution in [0.4, 0.5) is 0 Å². The molecule has 0 spiro atoms. The second-order valence-electron chi connectivity index (χ2n) is 4.37. The van der Waals surface area contributed by atoms with E-state index in [9.17, 15) is 4.79 Å². The van der Waals surface area contributed by atoms with Crippen LogP contribution in [0, 0.1) is 0 Å². The van der Waals surface area contributed by atoms with Crippen LogP contribution in [0.5, 0.6) is 0 Å². The number of benzene rings is 1. The summed E-state index contributed by atoms with van der Waals surface area (Å²) in [6, 6.07) is 6.39. The average molecular weight is 202 g/mol. The van der Waals surface area contributed by atoms with E-state index in [0.717, 1.165) is 37.7 Å². The van der Waals surface area contributed by atoms with Gasteiger partial charge in [-0.05, 0) is 36.8 Å². The van der Waals surface area contributed by atoms with Gasteiger partial charge >= 0.3 is 0 Å². The molecule has 0 radical (unpaired) electrons. The summed E-state index contributed by atoms with van der Waals surface area (Å²) < 4.78 is 0. The van der Waals surface area contributed by atoms with E-state index < -0.39 is 0 Å². The molecule has 1 aromatic carbocycles. The summed E-state index contributed by atoms with van der Waals surface area (Å²) in [5.74, 6) is 0.338. The standard InChI is InChI=1S/C14H18O/c1-2-5-11-8-9-13-12(10-11)6-3-4-7-14(13)15/h8-10H,2-7H2,1H3. The largest absolute Gasteiger partial charge is 0.294 e. The lowest BCUT2D eigenvalue weighted by atomic mass is 9.98. The molecular weight excluding hydrogens is 184 g/mol. The van der Waals surface area contributed by atoms with Gasteiger partial charge in [-0.15, -0.1) is 0 Å². The van der Waals surface area contributed by atoms with Crippen molar-refractivity contribution in [2.75, 3.05) is 0 Å². The van der Waals surface area contributed by atoms with E-state index in [0.29, 0.717) is 5.78 Å². The highest BCUT2D eigenvalue weighted by atomic mass is 16.1.